The van der Waals surface area contributed by atoms with Crippen LogP contribution >= 0.6 is 11.8 Å². The van der Waals surface area contributed by atoms with Gasteiger partial charge in [0.2, 0.25) is 0 Å². The molecule has 2 aromatic heterocycles. The Labute approximate surface area is 133 Å². The first kappa shape index (κ1) is 14.7. The number of aryl methyl sites for hydroxylation is 1. The van der Waals surface area contributed by atoms with Crippen LogP contribution in [-0.2, 0) is 6.42 Å². The van der Waals surface area contributed by atoms with E-state index in [0.29, 0.717) is 5.69 Å². The molecule has 1 aromatic carbocycles. The zero-order valence-electron chi connectivity index (χ0n) is 12.5. The number of nitrogens with zero attached hydrogens (tertiary/aromatic N) is 2. The number of rotatable bonds is 4. The van der Waals surface area contributed by atoms with Crippen LogP contribution in [0.15, 0.2) is 53.6 Å². The molecule has 0 aliphatic heterocycles. The number of amides is 1. The number of nitrogens with one attached hydrogen (secondary N) is 1. The van der Waals surface area contributed by atoms with Crippen molar-refractivity contribution in [1.29, 1.82) is 0 Å². The van der Waals surface area contributed by atoms with Gasteiger partial charge in [-0.3, -0.25) is 9.20 Å². The summed E-state index contributed by atoms with van der Waals surface area (Å²) in [5.41, 5.74) is 3.00. The van der Waals surface area contributed by atoms with Gasteiger partial charge in [-0.15, -0.1) is 11.8 Å². The van der Waals surface area contributed by atoms with E-state index >= 15 is 0 Å². The quantitative estimate of drug-likeness (QED) is 0.744. The first-order valence-corrected chi connectivity index (χ1v) is 8.36. The summed E-state index contributed by atoms with van der Waals surface area (Å²) in [7, 11) is 0. The van der Waals surface area contributed by atoms with Gasteiger partial charge in [0.25, 0.3) is 5.91 Å². The minimum Gasteiger partial charge on any atom is -0.321 e. The molecule has 0 radical (unpaired) electrons. The van der Waals surface area contributed by atoms with Crippen molar-refractivity contribution < 1.29 is 4.79 Å². The number of anilines is 1. The highest BCUT2D eigenvalue weighted by Gasteiger charge is 2.18. The van der Waals surface area contributed by atoms with Crippen molar-refractivity contribution in [3.05, 3.63) is 60.0 Å². The van der Waals surface area contributed by atoms with Crippen LogP contribution in [0.2, 0.25) is 0 Å². The smallest absolute Gasteiger partial charge is 0.274 e. The largest absolute Gasteiger partial charge is 0.321 e. The Morgan fingerprint density at radius 3 is 2.91 bits per heavy atom. The lowest BCUT2D eigenvalue weighted by molar-refractivity contribution is 0.102. The Balaban J connectivity index is 1.98. The van der Waals surface area contributed by atoms with Gasteiger partial charge in [-0.05, 0) is 43.0 Å². The first-order chi connectivity index (χ1) is 10.7. The van der Waals surface area contributed by atoms with Gasteiger partial charge in [0.05, 0.1) is 5.69 Å². The van der Waals surface area contributed by atoms with Crippen molar-refractivity contribution in [2.24, 2.45) is 0 Å². The predicted octanol–water partition coefficient (Wildman–Crippen LogP) is 3.87. The van der Waals surface area contributed by atoms with Crippen LogP contribution in [0.25, 0.3) is 5.65 Å². The number of imidazole rings is 1. The second-order valence-electron chi connectivity index (χ2n) is 4.88. The summed E-state index contributed by atoms with van der Waals surface area (Å²) in [5.74, 6) is -0.131. The minimum atomic E-state index is -0.131. The van der Waals surface area contributed by atoms with Crippen LogP contribution in [0.5, 0.6) is 0 Å². The second kappa shape index (κ2) is 6.23. The molecule has 5 heteroatoms. The molecule has 1 amide bonds. The molecule has 0 saturated carbocycles. The molecule has 0 atom stereocenters. The highest BCUT2D eigenvalue weighted by molar-refractivity contribution is 7.98. The molecule has 0 fully saturated rings. The lowest BCUT2D eigenvalue weighted by atomic mass is 10.2. The van der Waals surface area contributed by atoms with Crippen LogP contribution in [0.1, 0.15) is 23.1 Å². The highest BCUT2D eigenvalue weighted by Crippen LogP contribution is 2.20. The van der Waals surface area contributed by atoms with E-state index in [0.717, 1.165) is 28.3 Å². The van der Waals surface area contributed by atoms with Crippen molar-refractivity contribution >= 4 is 29.0 Å². The predicted molar refractivity (Wildman–Crippen MR) is 90.7 cm³/mol. The third kappa shape index (κ3) is 2.72. The summed E-state index contributed by atoms with van der Waals surface area (Å²) in [4.78, 5) is 18.3. The molecule has 112 valence electrons. The number of thioether (sulfide) groups is 1. The average molecular weight is 311 g/mol. The van der Waals surface area contributed by atoms with E-state index in [-0.39, 0.29) is 5.91 Å². The number of fused-ring (bicyclic) bond motifs is 1. The number of aromatic nitrogens is 2. The molecule has 2 heterocycles. The summed E-state index contributed by atoms with van der Waals surface area (Å²) >= 11 is 1.65. The van der Waals surface area contributed by atoms with Gasteiger partial charge < -0.3 is 5.32 Å². The minimum absolute atomic E-state index is 0.131. The van der Waals surface area contributed by atoms with E-state index in [4.69, 9.17) is 0 Å². The van der Waals surface area contributed by atoms with Gasteiger partial charge in [-0.2, -0.15) is 0 Å². The van der Waals surface area contributed by atoms with Gasteiger partial charge >= 0.3 is 0 Å². The average Bonchev–Trinajstić information content (AvgIpc) is 2.93. The highest BCUT2D eigenvalue weighted by atomic mass is 32.2. The number of carbonyl (C=O) groups is 1. The van der Waals surface area contributed by atoms with E-state index < -0.39 is 0 Å². The molecule has 0 unspecified atom stereocenters. The standard InChI is InChI=1S/C17H17N3OS/c1-3-14-16(20-10-5-4-9-15(20)19-14)17(21)18-12-7-6-8-13(11-12)22-2/h4-11H,3H2,1-2H3,(H,18,21). The van der Waals surface area contributed by atoms with Crippen molar-refractivity contribution in [1.82, 2.24) is 9.38 Å². The number of benzene rings is 1. The molecule has 1 N–H and O–H groups in total. The number of carbonyl (C=O) groups excluding carboxylic acids is 1. The zero-order valence-corrected chi connectivity index (χ0v) is 13.4. The Kier molecular flexibility index (Phi) is 4.15. The first-order valence-electron chi connectivity index (χ1n) is 7.14. The van der Waals surface area contributed by atoms with Crippen LogP contribution in [0.3, 0.4) is 0 Å². The van der Waals surface area contributed by atoms with E-state index in [1.807, 2.05) is 66.2 Å². The molecule has 22 heavy (non-hydrogen) atoms. The fourth-order valence-electron chi connectivity index (χ4n) is 2.42. The fourth-order valence-corrected chi connectivity index (χ4v) is 2.88. The van der Waals surface area contributed by atoms with Crippen LogP contribution in [0, 0.1) is 0 Å². The third-order valence-corrected chi connectivity index (χ3v) is 4.21. The molecule has 3 rings (SSSR count). The van der Waals surface area contributed by atoms with Crippen LogP contribution in [-0.4, -0.2) is 21.5 Å². The summed E-state index contributed by atoms with van der Waals surface area (Å²) in [6.07, 6.45) is 4.60. The van der Waals surface area contributed by atoms with E-state index in [1.165, 1.54) is 0 Å². The molecule has 0 aliphatic carbocycles. The zero-order chi connectivity index (χ0) is 15.5. The van der Waals surface area contributed by atoms with Gasteiger partial charge in [0, 0.05) is 16.8 Å². The second-order valence-corrected chi connectivity index (χ2v) is 5.76. The molecular formula is C17H17N3OS. The summed E-state index contributed by atoms with van der Waals surface area (Å²) in [6.45, 7) is 2.01. The molecule has 0 aliphatic rings. The molecule has 0 spiro atoms. The van der Waals surface area contributed by atoms with Crippen molar-refractivity contribution in [2.45, 2.75) is 18.2 Å². The van der Waals surface area contributed by atoms with Crippen LogP contribution in [0.4, 0.5) is 5.69 Å². The van der Waals surface area contributed by atoms with Gasteiger partial charge in [0.15, 0.2) is 0 Å². The summed E-state index contributed by atoms with van der Waals surface area (Å²) in [5, 5.41) is 2.97. The maximum absolute atomic E-state index is 12.7. The van der Waals surface area contributed by atoms with Crippen molar-refractivity contribution in [3.63, 3.8) is 0 Å². The Morgan fingerprint density at radius 2 is 2.14 bits per heavy atom. The van der Waals surface area contributed by atoms with Gasteiger partial charge in [-0.1, -0.05) is 19.1 Å². The molecule has 3 aromatic rings. The number of hydrogen-bond donors (Lipinski definition) is 1. The summed E-state index contributed by atoms with van der Waals surface area (Å²) < 4.78 is 1.84. The lowest BCUT2D eigenvalue weighted by Crippen LogP contribution is -2.16. The lowest BCUT2D eigenvalue weighted by Gasteiger charge is -2.07. The Morgan fingerprint density at radius 1 is 1.27 bits per heavy atom. The summed E-state index contributed by atoms with van der Waals surface area (Å²) in [6, 6.07) is 13.6. The maximum Gasteiger partial charge on any atom is 0.274 e. The van der Waals surface area contributed by atoms with Crippen LogP contribution < -0.4 is 5.32 Å². The molecule has 0 saturated heterocycles. The van der Waals surface area contributed by atoms with Crippen molar-refractivity contribution in [2.75, 3.05) is 11.6 Å². The normalized spacial score (nSPS) is 10.8. The van der Waals surface area contributed by atoms with E-state index in [9.17, 15) is 4.79 Å². The topological polar surface area (TPSA) is 46.4 Å². The molecule has 0 bridgehead atoms. The Hall–Kier alpha value is -2.27. The Bertz CT molecular complexity index is 826. The molecular weight excluding hydrogens is 294 g/mol. The van der Waals surface area contributed by atoms with Crippen molar-refractivity contribution in [3.8, 4) is 0 Å². The number of hydrogen-bond acceptors (Lipinski definition) is 3. The monoisotopic (exact) mass is 311 g/mol. The fraction of sp³-hybridized carbons (Fsp3) is 0.176. The number of pyridine rings is 1. The molecule has 4 nitrogen and oxygen atoms in total. The van der Waals surface area contributed by atoms with E-state index in [1.54, 1.807) is 11.8 Å². The third-order valence-electron chi connectivity index (χ3n) is 3.48. The SMILES string of the molecule is CCc1nc2ccccn2c1C(=O)Nc1cccc(SC)c1. The van der Waals surface area contributed by atoms with Gasteiger partial charge in [0.1, 0.15) is 11.3 Å². The van der Waals surface area contributed by atoms with Gasteiger partial charge in [-0.25, -0.2) is 4.98 Å². The maximum atomic E-state index is 12.7. The van der Waals surface area contributed by atoms with E-state index in [2.05, 4.69) is 10.3 Å².